The molecule has 0 aromatic heterocycles. The van der Waals surface area contributed by atoms with Gasteiger partial charge in [0, 0.05) is 11.6 Å². The second-order valence-electron chi connectivity index (χ2n) is 4.90. The maximum Gasteiger partial charge on any atom is 0.193 e. The van der Waals surface area contributed by atoms with Crippen LogP contribution in [0.1, 0.15) is 22.6 Å². The Bertz CT molecular complexity index is 620. The predicted molar refractivity (Wildman–Crippen MR) is 86.8 cm³/mol. The zero-order valence-corrected chi connectivity index (χ0v) is 12.2. The monoisotopic (exact) mass is 287 g/mol. The molecule has 3 nitrogen and oxygen atoms in total. The average molecular weight is 288 g/mol. The second kappa shape index (κ2) is 5.97. The van der Waals surface area contributed by atoms with E-state index in [9.17, 15) is 0 Å². The molecular formula is C16H18ClN3. The summed E-state index contributed by atoms with van der Waals surface area (Å²) in [6.07, 6.45) is 0. The number of rotatable bonds is 1. The largest absolute Gasteiger partial charge is 0.370 e. The number of aliphatic imine (C=N–C) groups is 1. The van der Waals surface area contributed by atoms with Gasteiger partial charge in [0.1, 0.15) is 0 Å². The predicted octanol–water partition coefficient (Wildman–Crippen LogP) is 3.29. The Morgan fingerprint density at radius 3 is 2.55 bits per heavy atom. The third-order valence-electron chi connectivity index (χ3n) is 3.52. The van der Waals surface area contributed by atoms with Gasteiger partial charge in [-0.05, 0) is 24.1 Å². The Hall–Kier alpha value is -2.00. The van der Waals surface area contributed by atoms with Crippen LogP contribution >= 0.6 is 12.4 Å². The van der Waals surface area contributed by atoms with Gasteiger partial charge < -0.3 is 11.1 Å². The summed E-state index contributed by atoms with van der Waals surface area (Å²) < 4.78 is 0. The van der Waals surface area contributed by atoms with Crippen LogP contribution in [-0.4, -0.2) is 12.5 Å². The van der Waals surface area contributed by atoms with Crippen LogP contribution in [-0.2, 0) is 0 Å². The zero-order chi connectivity index (χ0) is 13.2. The van der Waals surface area contributed by atoms with Crippen LogP contribution in [0.15, 0.2) is 53.5 Å². The van der Waals surface area contributed by atoms with Crippen molar-refractivity contribution in [1.82, 2.24) is 0 Å². The van der Waals surface area contributed by atoms with Crippen LogP contribution in [0, 0.1) is 6.92 Å². The third kappa shape index (κ3) is 2.78. The van der Waals surface area contributed by atoms with E-state index in [1.54, 1.807) is 0 Å². The molecule has 1 heterocycles. The van der Waals surface area contributed by atoms with Gasteiger partial charge in [-0.25, -0.2) is 0 Å². The molecule has 0 bridgehead atoms. The number of anilines is 1. The number of nitrogens with two attached hydrogens (primary N) is 1. The van der Waals surface area contributed by atoms with Gasteiger partial charge in [0.2, 0.25) is 0 Å². The van der Waals surface area contributed by atoms with Gasteiger partial charge in [-0.1, -0.05) is 48.0 Å². The number of nitrogens with one attached hydrogen (secondary N) is 1. The lowest BCUT2D eigenvalue weighted by molar-refractivity contribution is 0.828. The maximum atomic E-state index is 5.85. The van der Waals surface area contributed by atoms with Crippen molar-refractivity contribution in [3.05, 3.63) is 65.2 Å². The minimum atomic E-state index is 0. The van der Waals surface area contributed by atoms with Crippen LogP contribution in [0.2, 0.25) is 0 Å². The Morgan fingerprint density at radius 2 is 1.80 bits per heavy atom. The topological polar surface area (TPSA) is 50.4 Å². The molecule has 3 rings (SSSR count). The number of fused-ring (bicyclic) bond motifs is 1. The molecule has 0 saturated heterocycles. The van der Waals surface area contributed by atoms with Crippen LogP contribution in [0.5, 0.6) is 0 Å². The minimum absolute atomic E-state index is 0. The lowest BCUT2D eigenvalue weighted by Gasteiger charge is -2.17. The molecule has 0 saturated carbocycles. The fraction of sp³-hybridized carbons (Fsp3) is 0.188. The van der Waals surface area contributed by atoms with E-state index in [0.717, 1.165) is 5.69 Å². The van der Waals surface area contributed by atoms with Crippen molar-refractivity contribution >= 4 is 24.1 Å². The van der Waals surface area contributed by atoms with Crippen LogP contribution in [0.4, 0.5) is 5.69 Å². The molecule has 104 valence electrons. The summed E-state index contributed by atoms with van der Waals surface area (Å²) in [7, 11) is 0. The van der Waals surface area contributed by atoms with E-state index in [1.165, 1.54) is 16.7 Å². The van der Waals surface area contributed by atoms with Crippen molar-refractivity contribution in [2.45, 2.75) is 12.8 Å². The van der Waals surface area contributed by atoms with Gasteiger partial charge in [-0.2, -0.15) is 0 Å². The molecule has 1 atom stereocenters. The summed E-state index contributed by atoms with van der Waals surface area (Å²) in [5.74, 6) is 0.743. The molecule has 20 heavy (non-hydrogen) atoms. The molecule has 1 unspecified atom stereocenters. The summed E-state index contributed by atoms with van der Waals surface area (Å²) in [4.78, 5) is 4.40. The standard InChI is InChI=1S/C16H17N3.ClH/c1-11-6-8-12(9-7-11)14-10-18-16(17)19-15-5-3-2-4-13(14)15;/h2-9,14H,10H2,1H3,(H3,17,18,19);1H. The molecule has 1 aliphatic rings. The first-order valence-electron chi connectivity index (χ1n) is 6.46. The fourth-order valence-corrected chi connectivity index (χ4v) is 2.46. The number of aryl methyl sites for hydroxylation is 1. The van der Waals surface area contributed by atoms with Crippen LogP contribution in [0.25, 0.3) is 0 Å². The van der Waals surface area contributed by atoms with Crippen molar-refractivity contribution in [1.29, 1.82) is 0 Å². The molecule has 1 aliphatic heterocycles. The van der Waals surface area contributed by atoms with Gasteiger partial charge in [0.15, 0.2) is 5.96 Å². The molecular weight excluding hydrogens is 270 g/mol. The smallest absolute Gasteiger partial charge is 0.193 e. The Morgan fingerprint density at radius 1 is 1.10 bits per heavy atom. The summed E-state index contributed by atoms with van der Waals surface area (Å²) in [6, 6.07) is 16.9. The number of hydrogen-bond acceptors (Lipinski definition) is 3. The van der Waals surface area contributed by atoms with Gasteiger partial charge in [-0.15, -0.1) is 12.4 Å². The van der Waals surface area contributed by atoms with E-state index in [0.29, 0.717) is 12.5 Å². The molecule has 2 aromatic carbocycles. The van der Waals surface area contributed by atoms with E-state index in [1.807, 2.05) is 12.1 Å². The van der Waals surface area contributed by atoms with Crippen LogP contribution in [0.3, 0.4) is 0 Å². The molecule has 0 amide bonds. The second-order valence-corrected chi connectivity index (χ2v) is 4.90. The normalized spacial score (nSPS) is 17.1. The molecule has 0 aliphatic carbocycles. The Labute approximate surface area is 125 Å². The first-order chi connectivity index (χ1) is 9.24. The highest BCUT2D eigenvalue weighted by molar-refractivity contribution is 5.94. The van der Waals surface area contributed by atoms with Gasteiger partial charge in [0.25, 0.3) is 0 Å². The summed E-state index contributed by atoms with van der Waals surface area (Å²) in [6.45, 7) is 2.78. The minimum Gasteiger partial charge on any atom is -0.370 e. The van der Waals surface area contributed by atoms with Crippen LogP contribution < -0.4 is 11.1 Å². The highest BCUT2D eigenvalue weighted by Gasteiger charge is 2.20. The first kappa shape index (κ1) is 14.4. The highest BCUT2D eigenvalue weighted by atomic mass is 35.5. The van der Waals surface area contributed by atoms with Crippen molar-refractivity contribution < 1.29 is 0 Å². The number of nitrogens with zero attached hydrogens (tertiary/aromatic N) is 1. The van der Waals surface area contributed by atoms with E-state index < -0.39 is 0 Å². The van der Waals surface area contributed by atoms with E-state index >= 15 is 0 Å². The number of hydrogen-bond donors (Lipinski definition) is 2. The number of para-hydroxylation sites is 1. The average Bonchev–Trinajstić information content (AvgIpc) is 2.58. The van der Waals surface area contributed by atoms with Gasteiger partial charge >= 0.3 is 0 Å². The molecule has 4 heteroatoms. The van der Waals surface area contributed by atoms with Gasteiger partial charge in [-0.3, -0.25) is 4.99 Å². The fourth-order valence-electron chi connectivity index (χ4n) is 2.46. The lowest BCUT2D eigenvalue weighted by Crippen LogP contribution is -2.21. The summed E-state index contributed by atoms with van der Waals surface area (Å²) in [5.41, 5.74) is 10.7. The molecule has 0 radical (unpaired) electrons. The van der Waals surface area contributed by atoms with Gasteiger partial charge in [0.05, 0.1) is 6.54 Å². The third-order valence-corrected chi connectivity index (χ3v) is 3.52. The molecule has 0 fully saturated rings. The van der Waals surface area contributed by atoms with Crippen molar-refractivity contribution in [2.75, 3.05) is 11.9 Å². The number of guanidine groups is 1. The maximum absolute atomic E-state index is 5.85. The molecule has 2 aromatic rings. The molecule has 0 spiro atoms. The quantitative estimate of drug-likeness (QED) is 0.845. The lowest BCUT2D eigenvalue weighted by atomic mass is 9.90. The SMILES string of the molecule is Cc1ccc(C2CN=C(N)Nc3ccccc32)cc1.Cl. The first-order valence-corrected chi connectivity index (χ1v) is 6.46. The Kier molecular flexibility index (Phi) is 4.30. The number of benzene rings is 2. The van der Waals surface area contributed by atoms with E-state index in [4.69, 9.17) is 5.73 Å². The van der Waals surface area contributed by atoms with Crippen molar-refractivity contribution in [3.8, 4) is 0 Å². The van der Waals surface area contributed by atoms with Crippen molar-refractivity contribution in [3.63, 3.8) is 0 Å². The van der Waals surface area contributed by atoms with E-state index in [2.05, 4.69) is 53.6 Å². The summed E-state index contributed by atoms with van der Waals surface area (Å²) >= 11 is 0. The Balaban J connectivity index is 0.00000147. The summed E-state index contributed by atoms with van der Waals surface area (Å²) in [5, 5.41) is 3.16. The molecule has 3 N–H and O–H groups in total. The van der Waals surface area contributed by atoms with Crippen molar-refractivity contribution in [2.24, 2.45) is 10.7 Å². The zero-order valence-electron chi connectivity index (χ0n) is 11.3. The number of halogens is 1. The van der Waals surface area contributed by atoms with E-state index in [-0.39, 0.29) is 18.3 Å². The highest BCUT2D eigenvalue weighted by Crippen LogP contribution is 2.32.